The Morgan fingerprint density at radius 2 is 2.00 bits per heavy atom. The number of alkyl halides is 2. The van der Waals surface area contributed by atoms with Crippen LogP contribution in [0.3, 0.4) is 0 Å². The van der Waals surface area contributed by atoms with Gasteiger partial charge in [0.2, 0.25) is 5.18 Å². The molecule has 0 aromatic heterocycles. The molecule has 1 atom stereocenters. The lowest BCUT2D eigenvalue weighted by Crippen LogP contribution is -2.33. The Bertz CT molecular complexity index is 291. The number of phenols is 1. The lowest BCUT2D eigenvalue weighted by Gasteiger charge is -2.20. The second-order valence-electron chi connectivity index (χ2n) is 2.54. The van der Waals surface area contributed by atoms with E-state index in [9.17, 15) is 10.2 Å². The highest BCUT2D eigenvalue weighted by Crippen LogP contribution is 2.26. The van der Waals surface area contributed by atoms with Crippen molar-refractivity contribution in [3.8, 4) is 5.75 Å². The van der Waals surface area contributed by atoms with Crippen LogP contribution in [0.2, 0.25) is 0 Å². The van der Waals surface area contributed by atoms with E-state index in [1.807, 2.05) is 0 Å². The molecule has 0 fully saturated rings. The van der Waals surface area contributed by atoms with Crippen LogP contribution in [0.25, 0.3) is 0 Å². The van der Waals surface area contributed by atoms with Gasteiger partial charge in [0, 0.05) is 0 Å². The van der Waals surface area contributed by atoms with Crippen molar-refractivity contribution < 1.29 is 10.2 Å². The highest BCUT2D eigenvalue weighted by atomic mass is 35.5. The molecule has 0 heterocycles. The zero-order chi connectivity index (χ0) is 9.90. The Morgan fingerprint density at radius 3 is 2.54 bits per heavy atom. The van der Waals surface area contributed by atoms with E-state index in [1.165, 1.54) is 6.07 Å². The molecular weight excluding hydrogens is 213 g/mol. The van der Waals surface area contributed by atoms with Crippen LogP contribution in [0.5, 0.6) is 5.75 Å². The summed E-state index contributed by atoms with van der Waals surface area (Å²) in [6.45, 7) is 0. The first-order chi connectivity index (χ1) is 6.05. The predicted molar refractivity (Wildman–Crippen MR) is 53.3 cm³/mol. The molecule has 0 saturated heterocycles. The van der Waals surface area contributed by atoms with Crippen LogP contribution >= 0.6 is 23.2 Å². The van der Waals surface area contributed by atoms with E-state index in [2.05, 4.69) is 5.32 Å². The van der Waals surface area contributed by atoms with Crippen LogP contribution < -0.4 is 5.32 Å². The summed E-state index contributed by atoms with van der Waals surface area (Å²) in [5.74, 6) is -0.185. The molecule has 0 spiro atoms. The fourth-order valence-corrected chi connectivity index (χ4v) is 0.988. The zero-order valence-corrected chi connectivity index (χ0v) is 8.18. The van der Waals surface area contributed by atoms with E-state index >= 15 is 0 Å². The van der Waals surface area contributed by atoms with Crippen molar-refractivity contribution in [2.24, 2.45) is 0 Å². The molecule has 1 aromatic carbocycles. The molecule has 1 rings (SSSR count). The van der Waals surface area contributed by atoms with Crippen LogP contribution in [0, 0.1) is 0 Å². The van der Waals surface area contributed by atoms with Gasteiger partial charge in [-0.1, -0.05) is 23.7 Å². The van der Waals surface area contributed by atoms with Gasteiger partial charge in [-0.05, 0) is 12.1 Å². The van der Waals surface area contributed by atoms with E-state index in [0.29, 0.717) is 5.69 Å². The third kappa shape index (κ3) is 2.95. The molecule has 0 aliphatic rings. The molecule has 0 aliphatic carbocycles. The number of anilines is 1. The van der Waals surface area contributed by atoms with Crippen molar-refractivity contribution in [3.63, 3.8) is 0 Å². The van der Waals surface area contributed by atoms with Gasteiger partial charge in [-0.25, -0.2) is 0 Å². The zero-order valence-electron chi connectivity index (χ0n) is 6.67. The summed E-state index contributed by atoms with van der Waals surface area (Å²) in [5.41, 5.74) is 0.334. The maximum Gasteiger partial charge on any atom is 0.228 e. The molecule has 0 radical (unpaired) electrons. The van der Waals surface area contributed by atoms with E-state index in [1.54, 1.807) is 18.2 Å². The highest BCUT2D eigenvalue weighted by Gasteiger charge is 2.22. The maximum atomic E-state index is 9.31. The third-order valence-electron chi connectivity index (χ3n) is 1.41. The second-order valence-corrected chi connectivity index (χ2v) is 3.43. The van der Waals surface area contributed by atoms with Crippen molar-refractivity contribution in [1.82, 2.24) is 0 Å². The highest BCUT2D eigenvalue weighted by molar-refractivity contribution is 6.30. The fourth-order valence-electron chi connectivity index (χ4n) is 0.819. The molecule has 1 aromatic rings. The van der Waals surface area contributed by atoms with Crippen LogP contribution in [-0.2, 0) is 0 Å². The van der Waals surface area contributed by atoms with Gasteiger partial charge in [0.1, 0.15) is 5.75 Å². The Kier molecular flexibility index (Phi) is 3.25. The Balaban J connectivity index is 2.80. The van der Waals surface area contributed by atoms with Crippen LogP contribution in [0.4, 0.5) is 5.69 Å². The number of rotatable bonds is 3. The van der Waals surface area contributed by atoms with E-state index in [-0.39, 0.29) is 11.6 Å². The van der Waals surface area contributed by atoms with Crippen LogP contribution in [0.15, 0.2) is 24.3 Å². The topological polar surface area (TPSA) is 52.5 Å². The largest absolute Gasteiger partial charge is 0.506 e. The van der Waals surface area contributed by atoms with Crippen molar-refractivity contribution in [3.05, 3.63) is 24.3 Å². The Morgan fingerprint density at radius 1 is 1.38 bits per heavy atom. The quantitative estimate of drug-likeness (QED) is 0.317. The summed E-state index contributed by atoms with van der Waals surface area (Å²) in [6, 6.07) is 6.41. The van der Waals surface area contributed by atoms with Gasteiger partial charge in [0.05, 0.1) is 11.6 Å². The van der Waals surface area contributed by atoms with Gasteiger partial charge >= 0.3 is 0 Å². The van der Waals surface area contributed by atoms with Gasteiger partial charge in [0.25, 0.3) is 0 Å². The SMILES string of the molecule is Oc1ccccc1NC(O)(Cl)CCl. The summed E-state index contributed by atoms with van der Waals surface area (Å²) in [7, 11) is 0. The Hall–Kier alpha value is -0.640. The summed E-state index contributed by atoms with van der Waals surface area (Å²) in [4.78, 5) is 0. The van der Waals surface area contributed by atoms with Crippen molar-refractivity contribution in [2.75, 3.05) is 11.2 Å². The third-order valence-corrected chi connectivity index (χ3v) is 2.16. The number of halogens is 2. The van der Waals surface area contributed by atoms with Crippen molar-refractivity contribution in [1.29, 1.82) is 0 Å². The number of aromatic hydroxyl groups is 1. The van der Waals surface area contributed by atoms with E-state index < -0.39 is 5.18 Å². The number of nitrogens with one attached hydrogen (secondary N) is 1. The van der Waals surface area contributed by atoms with Gasteiger partial charge in [-0.2, -0.15) is 0 Å². The van der Waals surface area contributed by atoms with Crippen LogP contribution in [-0.4, -0.2) is 21.3 Å². The summed E-state index contributed by atoms with van der Waals surface area (Å²) in [5, 5.41) is 19.3. The normalized spacial score (nSPS) is 15.0. The monoisotopic (exact) mass is 221 g/mol. The Labute approximate surface area is 85.9 Å². The minimum absolute atomic E-state index is 0.00620. The molecule has 1 unspecified atom stereocenters. The number of hydrogen-bond acceptors (Lipinski definition) is 3. The number of benzene rings is 1. The standard InChI is InChI=1S/C8H9Cl2NO2/c9-5-8(10,13)11-6-3-1-2-4-7(6)12/h1-4,11-13H,5H2. The van der Waals surface area contributed by atoms with Gasteiger partial charge in [0.15, 0.2) is 0 Å². The summed E-state index contributed by atoms with van der Waals surface area (Å²) >= 11 is 10.9. The molecule has 0 bridgehead atoms. The molecule has 13 heavy (non-hydrogen) atoms. The van der Waals surface area contributed by atoms with E-state index in [4.69, 9.17) is 23.2 Å². The predicted octanol–water partition coefficient (Wildman–Crippen LogP) is 1.93. The molecule has 72 valence electrons. The lowest BCUT2D eigenvalue weighted by atomic mass is 10.3. The second kappa shape index (κ2) is 4.05. The van der Waals surface area contributed by atoms with Crippen molar-refractivity contribution >= 4 is 28.9 Å². The first-order valence-corrected chi connectivity index (χ1v) is 4.50. The minimum atomic E-state index is -1.74. The van der Waals surface area contributed by atoms with Gasteiger partial charge in [-0.15, -0.1) is 11.6 Å². The summed E-state index contributed by atoms with van der Waals surface area (Å²) in [6.07, 6.45) is 0. The fraction of sp³-hybridized carbons (Fsp3) is 0.250. The maximum absolute atomic E-state index is 9.31. The average molecular weight is 222 g/mol. The number of para-hydroxylation sites is 2. The molecule has 0 aliphatic heterocycles. The molecule has 0 saturated carbocycles. The lowest BCUT2D eigenvalue weighted by molar-refractivity contribution is 0.183. The smallest absolute Gasteiger partial charge is 0.228 e. The first-order valence-electron chi connectivity index (χ1n) is 3.58. The average Bonchev–Trinajstić information content (AvgIpc) is 2.09. The molecule has 0 amide bonds. The minimum Gasteiger partial charge on any atom is -0.506 e. The van der Waals surface area contributed by atoms with Gasteiger partial charge < -0.3 is 15.5 Å². The number of aliphatic hydroxyl groups is 1. The summed E-state index contributed by atoms with van der Waals surface area (Å²) < 4.78 is 0. The first kappa shape index (κ1) is 10.4. The number of hydrogen-bond donors (Lipinski definition) is 3. The molecule has 3 nitrogen and oxygen atoms in total. The van der Waals surface area contributed by atoms with Crippen molar-refractivity contribution in [2.45, 2.75) is 5.18 Å². The molecular formula is C8H9Cl2NO2. The van der Waals surface area contributed by atoms with Gasteiger partial charge in [-0.3, -0.25) is 0 Å². The van der Waals surface area contributed by atoms with E-state index in [0.717, 1.165) is 0 Å². The molecule has 5 heteroatoms. The number of phenolic OH excluding ortho intramolecular Hbond substituents is 1. The van der Waals surface area contributed by atoms with Crippen LogP contribution in [0.1, 0.15) is 0 Å². The molecule has 3 N–H and O–H groups in total.